The van der Waals surface area contributed by atoms with Gasteiger partial charge in [-0.2, -0.15) is 0 Å². The van der Waals surface area contributed by atoms with E-state index in [0.29, 0.717) is 37.1 Å². The molecule has 4 rings (SSSR count). The highest BCUT2D eigenvalue weighted by Gasteiger charge is 2.20. The molecule has 1 saturated heterocycles. The lowest BCUT2D eigenvalue weighted by atomic mass is 10.2. The molecule has 3 aromatic carbocycles. The summed E-state index contributed by atoms with van der Waals surface area (Å²) in [6.07, 6.45) is 0. The smallest absolute Gasteiger partial charge is 0.262 e. The van der Waals surface area contributed by atoms with Crippen molar-refractivity contribution in [2.75, 3.05) is 37.6 Å². The first kappa shape index (κ1) is 26.7. The van der Waals surface area contributed by atoms with Gasteiger partial charge in [0, 0.05) is 23.7 Å². The van der Waals surface area contributed by atoms with E-state index in [-0.39, 0.29) is 39.4 Å². The van der Waals surface area contributed by atoms with E-state index in [0.717, 1.165) is 0 Å². The molecule has 0 spiro atoms. The van der Waals surface area contributed by atoms with Gasteiger partial charge in [0.2, 0.25) is 5.91 Å². The highest BCUT2D eigenvalue weighted by atomic mass is 35.5. The number of nitrogens with one attached hydrogen (secondary N) is 2. The van der Waals surface area contributed by atoms with Crippen molar-refractivity contribution < 1.29 is 27.5 Å². The maximum absolute atomic E-state index is 13.0. The third-order valence-corrected chi connectivity index (χ3v) is 7.35. The van der Waals surface area contributed by atoms with Gasteiger partial charge in [0.05, 0.1) is 35.4 Å². The fourth-order valence-electron chi connectivity index (χ4n) is 3.49. The van der Waals surface area contributed by atoms with Crippen molar-refractivity contribution in [3.05, 3.63) is 82.3 Å². The molecule has 0 unspecified atom stereocenters. The number of morpholine rings is 1. The minimum Gasteiger partial charge on any atom is -0.454 e. The number of hydrogen-bond acceptors (Lipinski definition) is 6. The Balaban J connectivity index is 1.41. The highest BCUT2D eigenvalue weighted by Crippen LogP contribution is 2.35. The Hall–Kier alpha value is -3.31. The summed E-state index contributed by atoms with van der Waals surface area (Å²) in [6, 6.07) is 16.5. The Labute approximate surface area is 224 Å². The van der Waals surface area contributed by atoms with Gasteiger partial charge in [0.1, 0.15) is 5.75 Å². The van der Waals surface area contributed by atoms with Gasteiger partial charge in [-0.3, -0.25) is 14.3 Å². The number of rotatable bonds is 8. The molecule has 12 heteroatoms. The molecular weight excluding hydrogens is 541 g/mol. The van der Waals surface area contributed by atoms with E-state index in [1.807, 2.05) is 0 Å². The van der Waals surface area contributed by atoms with Crippen molar-refractivity contribution in [1.29, 1.82) is 0 Å². The first-order chi connectivity index (χ1) is 17.7. The fourth-order valence-corrected chi connectivity index (χ4v) is 5.01. The maximum atomic E-state index is 13.0. The molecule has 3 aromatic rings. The molecule has 0 bridgehead atoms. The summed E-state index contributed by atoms with van der Waals surface area (Å²) in [4.78, 5) is 26.2. The lowest BCUT2D eigenvalue weighted by molar-refractivity contribution is -0.134. The van der Waals surface area contributed by atoms with Crippen LogP contribution in [0, 0.1) is 0 Å². The van der Waals surface area contributed by atoms with E-state index in [4.69, 9.17) is 32.7 Å². The molecule has 0 aliphatic carbocycles. The minimum absolute atomic E-state index is 0.0622. The van der Waals surface area contributed by atoms with Crippen molar-refractivity contribution in [3.8, 4) is 11.5 Å². The Bertz CT molecular complexity index is 1390. The van der Waals surface area contributed by atoms with E-state index < -0.39 is 15.9 Å². The number of anilines is 1. The number of para-hydroxylation sites is 2. The molecule has 2 N–H and O–H groups in total. The summed E-state index contributed by atoms with van der Waals surface area (Å²) >= 11 is 12.1. The number of amides is 2. The van der Waals surface area contributed by atoms with Gasteiger partial charge in [-0.25, -0.2) is 8.42 Å². The molecule has 1 aliphatic heterocycles. The maximum Gasteiger partial charge on any atom is 0.262 e. The average molecular weight is 564 g/mol. The number of carbonyl (C=O) groups is 2. The largest absolute Gasteiger partial charge is 0.454 e. The number of ether oxygens (including phenoxy) is 2. The fraction of sp³-hybridized carbons (Fsp3) is 0.200. The predicted molar refractivity (Wildman–Crippen MR) is 140 cm³/mol. The normalized spacial score (nSPS) is 13.6. The van der Waals surface area contributed by atoms with Crippen LogP contribution in [0.15, 0.2) is 71.6 Å². The molecule has 37 heavy (non-hydrogen) atoms. The second-order valence-electron chi connectivity index (χ2n) is 7.98. The topological polar surface area (TPSA) is 114 Å². The third-order valence-electron chi connectivity index (χ3n) is 5.44. The lowest BCUT2D eigenvalue weighted by Crippen LogP contribution is -2.45. The Morgan fingerprint density at radius 2 is 1.65 bits per heavy atom. The van der Waals surface area contributed by atoms with Crippen LogP contribution in [0.5, 0.6) is 11.5 Å². The second kappa shape index (κ2) is 11.8. The summed E-state index contributed by atoms with van der Waals surface area (Å²) in [6.45, 7) is 1.74. The monoisotopic (exact) mass is 563 g/mol. The zero-order chi connectivity index (χ0) is 26.4. The zero-order valence-corrected chi connectivity index (χ0v) is 21.8. The molecule has 194 valence electrons. The van der Waals surface area contributed by atoms with Gasteiger partial charge in [-0.15, -0.1) is 0 Å². The van der Waals surface area contributed by atoms with Crippen LogP contribution in [0.3, 0.4) is 0 Å². The Morgan fingerprint density at radius 1 is 0.946 bits per heavy atom. The van der Waals surface area contributed by atoms with E-state index in [1.165, 1.54) is 30.3 Å². The molecule has 1 heterocycles. The zero-order valence-electron chi connectivity index (χ0n) is 19.4. The van der Waals surface area contributed by atoms with Crippen LogP contribution in [0.1, 0.15) is 10.4 Å². The third kappa shape index (κ3) is 6.92. The average Bonchev–Trinajstić information content (AvgIpc) is 2.90. The lowest BCUT2D eigenvalue weighted by Gasteiger charge is -2.26. The SMILES string of the molecule is O=C(NCC(=O)N1CCOCC1)c1ccc(S(=O)(=O)Nc2ccccc2Oc2ccc(Cl)cc2Cl)cc1. The van der Waals surface area contributed by atoms with Crippen molar-refractivity contribution in [3.63, 3.8) is 0 Å². The van der Waals surface area contributed by atoms with E-state index in [2.05, 4.69) is 10.0 Å². The van der Waals surface area contributed by atoms with Crippen molar-refractivity contribution in [1.82, 2.24) is 10.2 Å². The van der Waals surface area contributed by atoms with Gasteiger partial charge >= 0.3 is 0 Å². The van der Waals surface area contributed by atoms with Crippen LogP contribution in [-0.2, 0) is 19.6 Å². The number of hydrogen-bond donors (Lipinski definition) is 2. The number of sulfonamides is 1. The highest BCUT2D eigenvalue weighted by molar-refractivity contribution is 7.92. The number of carbonyl (C=O) groups excluding carboxylic acids is 2. The predicted octanol–water partition coefficient (Wildman–Crippen LogP) is 4.18. The summed E-state index contributed by atoms with van der Waals surface area (Å²) in [5, 5.41) is 3.27. The molecule has 0 radical (unpaired) electrons. The molecule has 0 saturated carbocycles. The van der Waals surface area contributed by atoms with Crippen LogP contribution >= 0.6 is 23.2 Å². The Kier molecular flexibility index (Phi) is 8.55. The van der Waals surface area contributed by atoms with Gasteiger partial charge in [0.25, 0.3) is 15.9 Å². The van der Waals surface area contributed by atoms with Gasteiger partial charge in [-0.05, 0) is 54.6 Å². The molecule has 2 amide bonds. The summed E-state index contributed by atoms with van der Waals surface area (Å²) in [5.74, 6) is -0.158. The van der Waals surface area contributed by atoms with Crippen LogP contribution in [0.4, 0.5) is 5.69 Å². The van der Waals surface area contributed by atoms with Crippen LogP contribution in [0.25, 0.3) is 0 Å². The van der Waals surface area contributed by atoms with Gasteiger partial charge < -0.3 is 19.7 Å². The van der Waals surface area contributed by atoms with Crippen molar-refractivity contribution in [2.24, 2.45) is 0 Å². The first-order valence-electron chi connectivity index (χ1n) is 11.2. The number of nitrogens with zero attached hydrogens (tertiary/aromatic N) is 1. The number of halogens is 2. The minimum atomic E-state index is -4.02. The van der Waals surface area contributed by atoms with E-state index in [9.17, 15) is 18.0 Å². The molecule has 0 atom stereocenters. The molecule has 9 nitrogen and oxygen atoms in total. The molecular formula is C25H23Cl2N3O6S. The summed E-state index contributed by atoms with van der Waals surface area (Å²) in [5.41, 5.74) is 0.409. The first-order valence-corrected chi connectivity index (χ1v) is 13.5. The van der Waals surface area contributed by atoms with E-state index >= 15 is 0 Å². The molecule has 1 fully saturated rings. The quantitative estimate of drug-likeness (QED) is 0.425. The van der Waals surface area contributed by atoms with Crippen LogP contribution in [-0.4, -0.2) is 58.0 Å². The standard InChI is InChI=1S/C25H23Cl2N3O6S/c26-18-7-10-22(20(27)15-18)36-23-4-2-1-3-21(23)29-37(33,34)19-8-5-17(6-9-19)25(32)28-16-24(31)30-11-13-35-14-12-30/h1-10,15,29H,11-14,16H2,(H,28,32). The number of benzene rings is 3. The summed E-state index contributed by atoms with van der Waals surface area (Å²) in [7, 11) is -4.02. The molecule has 1 aliphatic rings. The van der Waals surface area contributed by atoms with Crippen LogP contribution in [0.2, 0.25) is 10.0 Å². The van der Waals surface area contributed by atoms with E-state index in [1.54, 1.807) is 41.3 Å². The summed E-state index contributed by atoms with van der Waals surface area (Å²) < 4.78 is 39.6. The molecule has 0 aromatic heterocycles. The van der Waals surface area contributed by atoms with Crippen molar-refractivity contribution in [2.45, 2.75) is 4.90 Å². The second-order valence-corrected chi connectivity index (χ2v) is 10.5. The van der Waals surface area contributed by atoms with Crippen LogP contribution < -0.4 is 14.8 Å². The van der Waals surface area contributed by atoms with Crippen molar-refractivity contribution >= 4 is 50.7 Å². The van der Waals surface area contributed by atoms with Gasteiger partial charge in [-0.1, -0.05) is 35.3 Å². The van der Waals surface area contributed by atoms with Gasteiger partial charge in [0.15, 0.2) is 5.75 Å². The Morgan fingerprint density at radius 3 is 2.35 bits per heavy atom.